The monoisotopic (exact) mass is 164 g/mol. The highest BCUT2D eigenvalue weighted by molar-refractivity contribution is 5.59. The first kappa shape index (κ1) is 10.2. The molecule has 0 aliphatic rings. The Bertz CT molecular complexity index is 114. The van der Waals surface area contributed by atoms with Gasteiger partial charge in [0.25, 0.3) is 0 Å². The summed E-state index contributed by atoms with van der Waals surface area (Å²) in [6.45, 7) is 3.38. The molecule has 66 valence electrons. The minimum Gasteiger partial charge on any atom is -0.434 e. The Morgan fingerprint density at radius 3 is 2.73 bits per heavy atom. The van der Waals surface area contributed by atoms with E-state index in [1.807, 2.05) is 6.92 Å². The maximum absolute atomic E-state index is 11.9. The molecule has 0 saturated heterocycles. The number of halogens is 1. The van der Waals surface area contributed by atoms with E-state index >= 15 is 0 Å². The molecule has 0 amide bonds. The topological polar surface area (TPSA) is 35.5 Å². The molecule has 11 heavy (non-hydrogen) atoms. The largest absolute Gasteiger partial charge is 0.510 e. The van der Waals surface area contributed by atoms with Gasteiger partial charge in [0, 0.05) is 6.92 Å². The molecule has 0 bridgehead atoms. The zero-order valence-corrected chi connectivity index (χ0v) is 6.80. The molecule has 1 unspecified atom stereocenters. The number of unbranched alkanes of at least 4 members (excludes halogenated alkanes) is 1. The van der Waals surface area contributed by atoms with Gasteiger partial charge in [-0.05, 0) is 6.42 Å². The van der Waals surface area contributed by atoms with Crippen molar-refractivity contribution < 1.29 is 18.7 Å². The van der Waals surface area contributed by atoms with E-state index in [4.69, 9.17) is 0 Å². The number of hydrogen-bond donors (Lipinski definition) is 0. The quantitative estimate of drug-likeness (QED) is 0.472. The molecule has 0 heterocycles. The van der Waals surface area contributed by atoms with Gasteiger partial charge in [-0.3, -0.25) is 0 Å². The summed E-state index contributed by atoms with van der Waals surface area (Å²) >= 11 is 0. The predicted octanol–water partition coefficient (Wildman–Crippen LogP) is 2.26. The molecule has 3 nitrogen and oxygen atoms in total. The van der Waals surface area contributed by atoms with E-state index in [1.165, 1.54) is 0 Å². The Kier molecular flexibility index (Phi) is 5.51. The lowest BCUT2D eigenvalue weighted by Gasteiger charge is -2.05. The lowest BCUT2D eigenvalue weighted by molar-refractivity contribution is -0.0213. The molecule has 0 aromatic carbocycles. The summed E-state index contributed by atoms with van der Waals surface area (Å²) in [7, 11) is 0. The van der Waals surface area contributed by atoms with Crippen molar-refractivity contribution in [2.24, 2.45) is 0 Å². The van der Waals surface area contributed by atoms with E-state index in [9.17, 15) is 9.18 Å². The highest BCUT2D eigenvalue weighted by Gasteiger charge is 2.07. The highest BCUT2D eigenvalue weighted by atomic mass is 19.1. The van der Waals surface area contributed by atoms with Crippen molar-refractivity contribution in [3.8, 4) is 0 Å². The third kappa shape index (κ3) is 7.09. The van der Waals surface area contributed by atoms with Gasteiger partial charge in [0.05, 0.1) is 6.61 Å². The fraction of sp³-hybridized carbons (Fsp3) is 0.857. The third-order valence-corrected chi connectivity index (χ3v) is 0.976. The van der Waals surface area contributed by atoms with Crippen molar-refractivity contribution in [1.29, 1.82) is 0 Å². The molecule has 0 N–H and O–H groups in total. The third-order valence-electron chi connectivity index (χ3n) is 0.976. The number of ether oxygens (including phenoxy) is 2. The lowest BCUT2D eigenvalue weighted by atomic mass is 10.4. The van der Waals surface area contributed by atoms with Gasteiger partial charge >= 0.3 is 6.16 Å². The van der Waals surface area contributed by atoms with Crippen molar-refractivity contribution >= 4 is 6.16 Å². The van der Waals surface area contributed by atoms with Crippen LogP contribution in [0.25, 0.3) is 0 Å². The summed E-state index contributed by atoms with van der Waals surface area (Å²) in [6, 6.07) is 0. The fourth-order valence-electron chi connectivity index (χ4n) is 0.466. The second kappa shape index (κ2) is 5.95. The fourth-order valence-corrected chi connectivity index (χ4v) is 0.466. The van der Waals surface area contributed by atoms with E-state index in [-0.39, 0.29) is 0 Å². The summed E-state index contributed by atoms with van der Waals surface area (Å²) in [5.41, 5.74) is 0. The van der Waals surface area contributed by atoms with Crippen LogP contribution in [0.2, 0.25) is 0 Å². The Hall–Kier alpha value is -0.800. The molecule has 1 atom stereocenters. The molecular weight excluding hydrogens is 151 g/mol. The van der Waals surface area contributed by atoms with E-state index in [2.05, 4.69) is 9.47 Å². The molecule has 0 aromatic rings. The maximum Gasteiger partial charge on any atom is 0.510 e. The standard InChI is InChI=1S/C7H13FO3/c1-3-4-5-10-7(9)11-6(2)8/h6H,3-5H2,1-2H3. The van der Waals surface area contributed by atoms with E-state index in [0.29, 0.717) is 6.61 Å². The van der Waals surface area contributed by atoms with Gasteiger partial charge in [0.1, 0.15) is 0 Å². The second-order valence-corrected chi connectivity index (χ2v) is 2.11. The summed E-state index contributed by atoms with van der Waals surface area (Å²) in [4.78, 5) is 10.4. The van der Waals surface area contributed by atoms with Gasteiger partial charge in [0.15, 0.2) is 0 Å². The predicted molar refractivity (Wildman–Crippen MR) is 37.9 cm³/mol. The number of hydrogen-bond acceptors (Lipinski definition) is 3. The van der Waals surface area contributed by atoms with E-state index < -0.39 is 12.5 Å². The van der Waals surface area contributed by atoms with Crippen LogP contribution < -0.4 is 0 Å². The molecule has 0 fully saturated rings. The van der Waals surface area contributed by atoms with Crippen LogP contribution in [0, 0.1) is 0 Å². The van der Waals surface area contributed by atoms with Crippen LogP contribution in [0.3, 0.4) is 0 Å². The Labute approximate surface area is 65.5 Å². The molecule has 0 aliphatic heterocycles. The number of alkyl halides is 1. The van der Waals surface area contributed by atoms with Crippen molar-refractivity contribution in [2.75, 3.05) is 6.61 Å². The summed E-state index contributed by atoms with van der Waals surface area (Å²) < 4.78 is 20.5. The zero-order chi connectivity index (χ0) is 8.69. The summed E-state index contributed by atoms with van der Waals surface area (Å²) in [6.07, 6.45) is -0.827. The maximum atomic E-state index is 11.9. The molecular formula is C7H13FO3. The van der Waals surface area contributed by atoms with Gasteiger partial charge in [-0.2, -0.15) is 0 Å². The van der Waals surface area contributed by atoms with Crippen molar-refractivity contribution in [2.45, 2.75) is 33.0 Å². The van der Waals surface area contributed by atoms with Crippen LogP contribution in [0.4, 0.5) is 9.18 Å². The molecule has 0 spiro atoms. The van der Waals surface area contributed by atoms with E-state index in [0.717, 1.165) is 19.8 Å². The average molecular weight is 164 g/mol. The zero-order valence-electron chi connectivity index (χ0n) is 6.80. The Morgan fingerprint density at radius 1 is 1.64 bits per heavy atom. The minimum atomic E-state index is -1.59. The van der Waals surface area contributed by atoms with Crippen LogP contribution in [0.1, 0.15) is 26.7 Å². The Balaban J connectivity index is 3.23. The van der Waals surface area contributed by atoms with Crippen LogP contribution >= 0.6 is 0 Å². The highest BCUT2D eigenvalue weighted by Crippen LogP contribution is 1.96. The van der Waals surface area contributed by atoms with Crippen LogP contribution in [0.5, 0.6) is 0 Å². The van der Waals surface area contributed by atoms with Crippen LogP contribution in [-0.4, -0.2) is 19.1 Å². The van der Waals surface area contributed by atoms with Crippen molar-refractivity contribution in [3.63, 3.8) is 0 Å². The SMILES string of the molecule is CCCCOC(=O)OC(C)F. The summed E-state index contributed by atoms with van der Waals surface area (Å²) in [5.74, 6) is 0. The molecule has 0 aromatic heterocycles. The average Bonchev–Trinajstić information content (AvgIpc) is 1.86. The smallest absolute Gasteiger partial charge is 0.434 e. The van der Waals surface area contributed by atoms with Crippen LogP contribution in [0.15, 0.2) is 0 Å². The van der Waals surface area contributed by atoms with Gasteiger partial charge in [-0.1, -0.05) is 13.3 Å². The lowest BCUT2D eigenvalue weighted by Crippen LogP contribution is -2.12. The number of rotatable bonds is 4. The molecule has 4 heteroatoms. The number of carbonyl (C=O) groups is 1. The van der Waals surface area contributed by atoms with Gasteiger partial charge in [0.2, 0.25) is 6.36 Å². The van der Waals surface area contributed by atoms with Gasteiger partial charge in [-0.15, -0.1) is 0 Å². The second-order valence-electron chi connectivity index (χ2n) is 2.11. The summed E-state index contributed by atoms with van der Waals surface area (Å²) in [5, 5.41) is 0. The Morgan fingerprint density at radius 2 is 2.27 bits per heavy atom. The van der Waals surface area contributed by atoms with Gasteiger partial charge in [-0.25, -0.2) is 9.18 Å². The van der Waals surface area contributed by atoms with E-state index in [1.54, 1.807) is 0 Å². The molecule has 0 saturated carbocycles. The van der Waals surface area contributed by atoms with Crippen molar-refractivity contribution in [1.82, 2.24) is 0 Å². The first-order chi connectivity index (χ1) is 5.16. The van der Waals surface area contributed by atoms with Gasteiger partial charge < -0.3 is 9.47 Å². The van der Waals surface area contributed by atoms with Crippen molar-refractivity contribution in [3.05, 3.63) is 0 Å². The van der Waals surface area contributed by atoms with Crippen LogP contribution in [-0.2, 0) is 9.47 Å². The minimum absolute atomic E-state index is 0.294. The normalized spacial score (nSPS) is 12.3. The first-order valence-corrected chi connectivity index (χ1v) is 3.64. The number of carbonyl (C=O) groups excluding carboxylic acids is 1. The molecule has 0 radical (unpaired) electrons. The first-order valence-electron chi connectivity index (χ1n) is 3.64. The molecule has 0 aliphatic carbocycles. The molecule has 0 rings (SSSR count).